The molecule has 0 spiro atoms. The number of aromatic nitrogens is 3. The molecule has 1 saturated carbocycles. The molecule has 5 nitrogen and oxygen atoms in total. The van der Waals surface area contributed by atoms with Crippen molar-refractivity contribution in [2.24, 2.45) is 0 Å². The second-order valence-corrected chi connectivity index (χ2v) is 8.27. The van der Waals surface area contributed by atoms with Crippen LogP contribution in [0.5, 0.6) is 0 Å². The lowest BCUT2D eigenvalue weighted by Gasteiger charge is -2.21. The van der Waals surface area contributed by atoms with E-state index in [1.807, 2.05) is 0 Å². The minimum Gasteiger partial charge on any atom is -0.363 e. The third-order valence-corrected chi connectivity index (χ3v) is 5.81. The minimum absolute atomic E-state index is 0.00648. The molecule has 1 atom stereocenters. The summed E-state index contributed by atoms with van der Waals surface area (Å²) in [5.74, 6) is -3.91. The molecule has 10 heteroatoms. The predicted octanol–water partition coefficient (Wildman–Crippen LogP) is 5.28. The number of nitrogens with one attached hydrogen (secondary N) is 1. The van der Waals surface area contributed by atoms with Crippen LogP contribution < -0.4 is 10.9 Å². The van der Waals surface area contributed by atoms with Gasteiger partial charge in [-0.2, -0.15) is 0 Å². The Hall–Kier alpha value is -3.04. The van der Waals surface area contributed by atoms with Crippen molar-refractivity contribution >= 4 is 16.7 Å². The number of pyridine rings is 1. The molecule has 4 rings (SSSR count). The highest BCUT2D eigenvalue weighted by Crippen LogP contribution is 2.48. The molecule has 1 fully saturated rings. The fourth-order valence-electron chi connectivity index (χ4n) is 3.88. The Morgan fingerprint density at radius 3 is 2.50 bits per heavy atom. The lowest BCUT2D eigenvalue weighted by Crippen LogP contribution is -2.35. The van der Waals surface area contributed by atoms with Crippen molar-refractivity contribution in [3.05, 3.63) is 63.6 Å². The van der Waals surface area contributed by atoms with Crippen LogP contribution in [0.4, 0.5) is 27.8 Å². The third kappa shape index (κ3) is 3.71. The molecule has 0 unspecified atom stereocenters. The molecule has 0 bridgehead atoms. The van der Waals surface area contributed by atoms with Gasteiger partial charge in [0.15, 0.2) is 0 Å². The van der Waals surface area contributed by atoms with Gasteiger partial charge in [0.1, 0.15) is 23.0 Å². The quantitative estimate of drug-likeness (QED) is 0.517. The van der Waals surface area contributed by atoms with Crippen LogP contribution in [0.3, 0.4) is 0 Å². The number of aryl methyl sites for hydroxylation is 1. The molecule has 1 N–H and O–H groups in total. The van der Waals surface area contributed by atoms with E-state index >= 15 is 0 Å². The standard InChI is InChI=1S/C22H21F5N4O/c1-11(13-5-4-6-15(18(13)23)21(3,26)27)28-19-14-10-31(22(7-8-22)20(24)25)17(32)9-16(14)29-12(2)30-19/h4-6,9-11,20H,7-8H2,1-3H3,(H,28,29,30)/t11-/m1/s1. The van der Waals surface area contributed by atoms with E-state index in [2.05, 4.69) is 15.3 Å². The van der Waals surface area contributed by atoms with Crippen LogP contribution in [0.25, 0.3) is 10.9 Å². The molecule has 2 heterocycles. The van der Waals surface area contributed by atoms with Crippen LogP contribution in [-0.2, 0) is 11.5 Å². The van der Waals surface area contributed by atoms with Crippen molar-refractivity contribution in [3.8, 4) is 0 Å². The third-order valence-electron chi connectivity index (χ3n) is 5.81. The summed E-state index contributed by atoms with van der Waals surface area (Å²) in [5, 5.41) is 3.27. The molecule has 170 valence electrons. The van der Waals surface area contributed by atoms with Gasteiger partial charge in [-0.3, -0.25) is 4.79 Å². The maximum Gasteiger partial charge on any atom is 0.273 e. The molecular weight excluding hydrogens is 431 g/mol. The van der Waals surface area contributed by atoms with Crippen molar-refractivity contribution in [1.82, 2.24) is 14.5 Å². The Kier molecular flexibility index (Phi) is 5.21. The van der Waals surface area contributed by atoms with E-state index in [0.29, 0.717) is 18.1 Å². The van der Waals surface area contributed by atoms with Crippen LogP contribution in [0.1, 0.15) is 49.7 Å². The number of anilines is 1. The molecule has 1 aliphatic carbocycles. The Bertz CT molecular complexity index is 1250. The summed E-state index contributed by atoms with van der Waals surface area (Å²) in [6, 6.07) is 4.11. The lowest BCUT2D eigenvalue weighted by molar-refractivity contribution is 0.0136. The molecule has 2 aromatic heterocycles. The van der Waals surface area contributed by atoms with E-state index < -0.39 is 40.9 Å². The second kappa shape index (κ2) is 7.53. The van der Waals surface area contributed by atoms with Crippen LogP contribution in [-0.4, -0.2) is 21.0 Å². The first-order valence-electron chi connectivity index (χ1n) is 10.1. The highest BCUT2D eigenvalue weighted by molar-refractivity contribution is 5.88. The zero-order chi connectivity index (χ0) is 23.4. The van der Waals surface area contributed by atoms with Gasteiger partial charge in [0.2, 0.25) is 0 Å². The Morgan fingerprint density at radius 1 is 1.22 bits per heavy atom. The van der Waals surface area contributed by atoms with E-state index in [-0.39, 0.29) is 29.7 Å². The number of halogens is 5. The van der Waals surface area contributed by atoms with E-state index in [0.717, 1.165) is 10.6 Å². The summed E-state index contributed by atoms with van der Waals surface area (Å²) < 4.78 is 70.5. The van der Waals surface area contributed by atoms with Gasteiger partial charge in [-0.1, -0.05) is 18.2 Å². The summed E-state index contributed by atoms with van der Waals surface area (Å²) in [4.78, 5) is 21.0. The molecule has 0 radical (unpaired) electrons. The Morgan fingerprint density at radius 2 is 1.91 bits per heavy atom. The fraction of sp³-hybridized carbons (Fsp3) is 0.409. The minimum atomic E-state index is -3.36. The highest BCUT2D eigenvalue weighted by Gasteiger charge is 2.53. The Labute approximate surface area is 180 Å². The molecular formula is C22H21F5N4O. The van der Waals surface area contributed by atoms with Crippen molar-refractivity contribution in [3.63, 3.8) is 0 Å². The van der Waals surface area contributed by atoms with Crippen LogP contribution in [0.15, 0.2) is 35.3 Å². The molecule has 0 amide bonds. The van der Waals surface area contributed by atoms with Gasteiger partial charge in [-0.25, -0.2) is 31.9 Å². The van der Waals surface area contributed by atoms with E-state index in [9.17, 15) is 26.7 Å². The average molecular weight is 452 g/mol. The number of nitrogens with zero attached hydrogens (tertiary/aromatic N) is 3. The highest BCUT2D eigenvalue weighted by atomic mass is 19.3. The number of rotatable bonds is 6. The first-order chi connectivity index (χ1) is 14.9. The van der Waals surface area contributed by atoms with Gasteiger partial charge in [-0.15, -0.1) is 0 Å². The molecule has 1 aromatic carbocycles. The van der Waals surface area contributed by atoms with Crippen molar-refractivity contribution in [2.75, 3.05) is 5.32 Å². The largest absolute Gasteiger partial charge is 0.363 e. The van der Waals surface area contributed by atoms with Crippen LogP contribution >= 0.6 is 0 Å². The van der Waals surface area contributed by atoms with E-state index in [1.54, 1.807) is 13.8 Å². The summed E-state index contributed by atoms with van der Waals surface area (Å²) >= 11 is 0. The zero-order valence-electron chi connectivity index (χ0n) is 17.6. The van der Waals surface area contributed by atoms with Gasteiger partial charge in [0, 0.05) is 24.8 Å². The monoisotopic (exact) mass is 452 g/mol. The van der Waals surface area contributed by atoms with Crippen LogP contribution in [0.2, 0.25) is 0 Å². The predicted molar refractivity (Wildman–Crippen MR) is 110 cm³/mol. The van der Waals surface area contributed by atoms with Gasteiger partial charge in [0.25, 0.3) is 17.9 Å². The zero-order valence-corrected chi connectivity index (χ0v) is 17.6. The maximum absolute atomic E-state index is 14.8. The van der Waals surface area contributed by atoms with E-state index in [4.69, 9.17) is 0 Å². The SMILES string of the molecule is Cc1nc(N[C@H](C)c2cccc(C(C)(F)F)c2F)c2cn(C3(C(F)F)CC3)c(=O)cc2n1. The molecule has 0 saturated heterocycles. The molecule has 0 aliphatic heterocycles. The average Bonchev–Trinajstić information content (AvgIpc) is 3.48. The number of hydrogen-bond donors (Lipinski definition) is 1. The maximum atomic E-state index is 14.8. The first-order valence-corrected chi connectivity index (χ1v) is 10.1. The number of fused-ring (bicyclic) bond motifs is 1. The van der Waals surface area contributed by atoms with Crippen molar-refractivity contribution in [2.45, 2.75) is 57.5 Å². The summed E-state index contributed by atoms with van der Waals surface area (Å²) in [6.07, 6.45) is -1.08. The Balaban J connectivity index is 1.79. The summed E-state index contributed by atoms with van der Waals surface area (Å²) in [7, 11) is 0. The van der Waals surface area contributed by atoms with Crippen molar-refractivity contribution in [1.29, 1.82) is 0 Å². The normalized spacial score (nSPS) is 16.4. The summed E-state index contributed by atoms with van der Waals surface area (Å²) in [6.45, 7) is 3.77. The van der Waals surface area contributed by atoms with Gasteiger partial charge < -0.3 is 9.88 Å². The smallest absolute Gasteiger partial charge is 0.273 e. The summed E-state index contributed by atoms with van der Waals surface area (Å²) in [5.41, 5.74) is -2.64. The van der Waals surface area contributed by atoms with Crippen molar-refractivity contribution < 1.29 is 22.0 Å². The topological polar surface area (TPSA) is 59.8 Å². The van der Waals surface area contributed by atoms with Gasteiger partial charge in [-0.05, 0) is 26.7 Å². The van der Waals surface area contributed by atoms with Gasteiger partial charge >= 0.3 is 0 Å². The van der Waals surface area contributed by atoms with E-state index in [1.165, 1.54) is 24.4 Å². The second-order valence-electron chi connectivity index (χ2n) is 8.27. The first kappa shape index (κ1) is 22.2. The number of benzene rings is 1. The molecule has 1 aliphatic rings. The lowest BCUT2D eigenvalue weighted by atomic mass is 10.0. The van der Waals surface area contributed by atoms with Gasteiger partial charge in [0.05, 0.1) is 22.5 Å². The number of alkyl halides is 4. The van der Waals surface area contributed by atoms with Crippen LogP contribution in [0, 0.1) is 12.7 Å². The molecule has 3 aromatic rings. The number of hydrogen-bond acceptors (Lipinski definition) is 4. The fourth-order valence-corrected chi connectivity index (χ4v) is 3.88. The molecule has 32 heavy (non-hydrogen) atoms.